The van der Waals surface area contributed by atoms with Gasteiger partial charge >= 0.3 is 0 Å². The van der Waals surface area contributed by atoms with Crippen molar-refractivity contribution < 1.29 is 27.9 Å². The monoisotopic (exact) mass is 459 g/mol. The minimum atomic E-state index is -3.69. The van der Waals surface area contributed by atoms with Crippen LogP contribution in [0.2, 0.25) is 0 Å². The van der Waals surface area contributed by atoms with E-state index in [1.807, 2.05) is 0 Å². The number of carbonyl (C=O) groups is 2. The summed E-state index contributed by atoms with van der Waals surface area (Å²) in [5.74, 6) is -0.379. The second-order valence-electron chi connectivity index (χ2n) is 7.81. The highest BCUT2D eigenvalue weighted by molar-refractivity contribution is 7.89. The Hall–Kier alpha value is -3.11. The largest absolute Gasteiger partial charge is 0.506 e. The number of phenols is 1. The number of para-hydroxylation sites is 2. The molecule has 2 aliphatic rings. The Morgan fingerprint density at radius 3 is 2.66 bits per heavy atom. The molecule has 4 rings (SSSR count). The number of nitrogens with one attached hydrogen (secondary N) is 1. The molecule has 1 atom stereocenters. The Labute approximate surface area is 186 Å². The van der Waals surface area contributed by atoms with Crippen LogP contribution in [0.5, 0.6) is 11.5 Å². The summed E-state index contributed by atoms with van der Waals surface area (Å²) in [7, 11) is -3.69. The summed E-state index contributed by atoms with van der Waals surface area (Å²) in [6.45, 7) is 2.67. The van der Waals surface area contributed by atoms with E-state index < -0.39 is 22.0 Å². The molecular weight excluding hydrogens is 434 g/mol. The zero-order valence-electron chi connectivity index (χ0n) is 17.7. The molecule has 2 aromatic rings. The summed E-state index contributed by atoms with van der Waals surface area (Å²) >= 11 is 0. The van der Waals surface area contributed by atoms with Crippen LogP contribution < -0.4 is 15.0 Å². The standard InChI is InChI=1S/C22H25N3O6S/c1-15-22(28)25(18-6-2-3-7-20(18)31-15)13-10-21(27)23-17-14-16(8-9-19(17)26)32(29,30)24-11-4-5-12-24/h2-3,6-9,14-15,26H,4-5,10-13H2,1H3,(H,23,27). The molecule has 9 nitrogen and oxygen atoms in total. The van der Waals surface area contributed by atoms with Gasteiger partial charge in [0.15, 0.2) is 6.10 Å². The molecule has 2 aromatic carbocycles. The number of rotatable bonds is 6. The average Bonchev–Trinajstić information content (AvgIpc) is 3.31. The molecule has 2 heterocycles. The van der Waals surface area contributed by atoms with Gasteiger partial charge in [-0.05, 0) is 50.1 Å². The number of aromatic hydroxyl groups is 1. The van der Waals surface area contributed by atoms with Gasteiger partial charge in [-0.25, -0.2) is 8.42 Å². The van der Waals surface area contributed by atoms with Gasteiger partial charge in [0.05, 0.1) is 16.3 Å². The number of ether oxygens (including phenoxy) is 1. The number of phenolic OH excluding ortho intramolecular Hbond substituents is 1. The zero-order chi connectivity index (χ0) is 22.9. The summed E-state index contributed by atoms with van der Waals surface area (Å²) in [5, 5.41) is 12.7. The molecule has 0 saturated carbocycles. The van der Waals surface area contributed by atoms with E-state index in [0.29, 0.717) is 24.5 Å². The summed E-state index contributed by atoms with van der Waals surface area (Å²) in [4.78, 5) is 26.6. The normalized spacial score (nSPS) is 18.8. The van der Waals surface area contributed by atoms with E-state index in [0.717, 1.165) is 12.8 Å². The zero-order valence-corrected chi connectivity index (χ0v) is 18.5. The van der Waals surface area contributed by atoms with Gasteiger partial charge < -0.3 is 20.1 Å². The lowest BCUT2D eigenvalue weighted by molar-refractivity contribution is -0.125. The first-order chi connectivity index (χ1) is 15.3. The molecule has 1 saturated heterocycles. The van der Waals surface area contributed by atoms with Crippen molar-refractivity contribution in [1.82, 2.24) is 4.31 Å². The quantitative estimate of drug-likeness (QED) is 0.641. The van der Waals surface area contributed by atoms with Crippen molar-refractivity contribution in [3.8, 4) is 11.5 Å². The molecule has 10 heteroatoms. The van der Waals surface area contributed by atoms with Crippen LogP contribution in [0.25, 0.3) is 0 Å². The first kappa shape index (κ1) is 22.1. The van der Waals surface area contributed by atoms with Crippen LogP contribution in [0.15, 0.2) is 47.4 Å². The maximum atomic E-state index is 12.8. The van der Waals surface area contributed by atoms with Gasteiger partial charge in [-0.3, -0.25) is 9.59 Å². The van der Waals surface area contributed by atoms with E-state index in [-0.39, 0.29) is 35.2 Å². The summed E-state index contributed by atoms with van der Waals surface area (Å²) in [6, 6.07) is 10.9. The summed E-state index contributed by atoms with van der Waals surface area (Å²) in [5.41, 5.74) is 0.599. The smallest absolute Gasteiger partial charge is 0.267 e. The van der Waals surface area contributed by atoms with Crippen molar-refractivity contribution >= 4 is 33.2 Å². The van der Waals surface area contributed by atoms with Crippen molar-refractivity contribution in [2.24, 2.45) is 0 Å². The van der Waals surface area contributed by atoms with Crippen molar-refractivity contribution in [1.29, 1.82) is 0 Å². The van der Waals surface area contributed by atoms with Gasteiger partial charge in [0.1, 0.15) is 11.5 Å². The Morgan fingerprint density at radius 2 is 1.91 bits per heavy atom. The molecule has 0 aliphatic carbocycles. The van der Waals surface area contributed by atoms with Crippen molar-refractivity contribution in [2.75, 3.05) is 29.9 Å². The average molecular weight is 460 g/mol. The third kappa shape index (κ3) is 4.28. The maximum absolute atomic E-state index is 12.8. The van der Waals surface area contributed by atoms with Gasteiger partial charge in [0.2, 0.25) is 15.9 Å². The Balaban J connectivity index is 1.46. The van der Waals surface area contributed by atoms with Crippen LogP contribution in [0.1, 0.15) is 26.2 Å². The van der Waals surface area contributed by atoms with E-state index in [9.17, 15) is 23.1 Å². The number of fused-ring (bicyclic) bond motifs is 1. The predicted molar refractivity (Wildman–Crippen MR) is 118 cm³/mol. The first-order valence-corrected chi connectivity index (χ1v) is 11.9. The van der Waals surface area contributed by atoms with Crippen molar-refractivity contribution in [3.05, 3.63) is 42.5 Å². The van der Waals surface area contributed by atoms with Gasteiger partial charge in [-0.2, -0.15) is 4.31 Å². The molecule has 2 N–H and O–H groups in total. The van der Waals surface area contributed by atoms with E-state index in [4.69, 9.17) is 4.74 Å². The highest BCUT2D eigenvalue weighted by atomic mass is 32.2. The van der Waals surface area contributed by atoms with Gasteiger partial charge in [0.25, 0.3) is 5.91 Å². The third-order valence-electron chi connectivity index (χ3n) is 5.58. The van der Waals surface area contributed by atoms with Gasteiger partial charge in [-0.15, -0.1) is 0 Å². The van der Waals surface area contributed by atoms with E-state index in [1.165, 1.54) is 27.4 Å². The van der Waals surface area contributed by atoms with Crippen molar-refractivity contribution in [2.45, 2.75) is 37.2 Å². The fourth-order valence-electron chi connectivity index (χ4n) is 3.87. The number of hydrogen-bond acceptors (Lipinski definition) is 6. The highest BCUT2D eigenvalue weighted by Gasteiger charge is 2.31. The Bertz CT molecular complexity index is 1140. The lowest BCUT2D eigenvalue weighted by Crippen LogP contribution is -2.45. The van der Waals surface area contributed by atoms with Gasteiger partial charge in [-0.1, -0.05) is 12.1 Å². The molecule has 2 aliphatic heterocycles. The first-order valence-electron chi connectivity index (χ1n) is 10.5. The lowest BCUT2D eigenvalue weighted by Gasteiger charge is -2.32. The molecule has 1 fully saturated rings. The summed E-state index contributed by atoms with van der Waals surface area (Å²) in [6.07, 6.45) is 0.908. The number of carbonyl (C=O) groups excluding carboxylic acids is 2. The minimum Gasteiger partial charge on any atom is -0.506 e. The molecule has 32 heavy (non-hydrogen) atoms. The molecule has 0 spiro atoms. The topological polar surface area (TPSA) is 116 Å². The fraction of sp³-hybridized carbons (Fsp3) is 0.364. The van der Waals surface area contributed by atoms with Crippen LogP contribution in [0.3, 0.4) is 0 Å². The van der Waals surface area contributed by atoms with Gasteiger partial charge in [0, 0.05) is 26.1 Å². The van der Waals surface area contributed by atoms with Crippen molar-refractivity contribution in [3.63, 3.8) is 0 Å². The van der Waals surface area contributed by atoms with Crippen LogP contribution in [-0.4, -0.2) is 55.4 Å². The number of anilines is 2. The van der Waals surface area contributed by atoms with Crippen LogP contribution in [-0.2, 0) is 19.6 Å². The number of benzene rings is 2. The SMILES string of the molecule is CC1Oc2ccccc2N(CCC(=O)Nc2cc(S(=O)(=O)N3CCCC3)ccc2O)C1=O. The molecule has 0 aromatic heterocycles. The summed E-state index contributed by atoms with van der Waals surface area (Å²) < 4.78 is 32.5. The second kappa shape index (κ2) is 8.79. The predicted octanol–water partition coefficient (Wildman–Crippen LogP) is 2.32. The highest BCUT2D eigenvalue weighted by Crippen LogP contribution is 2.34. The molecular formula is C22H25N3O6S. The molecule has 2 amide bonds. The maximum Gasteiger partial charge on any atom is 0.267 e. The van der Waals surface area contributed by atoms with Crippen LogP contribution in [0, 0.1) is 0 Å². The number of sulfonamides is 1. The van der Waals surface area contributed by atoms with E-state index in [2.05, 4.69) is 5.32 Å². The second-order valence-corrected chi connectivity index (χ2v) is 9.74. The molecule has 0 radical (unpaired) electrons. The third-order valence-corrected chi connectivity index (χ3v) is 7.48. The Morgan fingerprint density at radius 1 is 1.19 bits per heavy atom. The molecule has 0 bridgehead atoms. The van der Waals surface area contributed by atoms with Crippen LogP contribution in [0.4, 0.5) is 11.4 Å². The molecule has 170 valence electrons. The van der Waals surface area contributed by atoms with Crippen LogP contribution >= 0.6 is 0 Å². The number of nitrogens with zero attached hydrogens (tertiary/aromatic N) is 2. The fourth-order valence-corrected chi connectivity index (χ4v) is 5.41. The van der Waals surface area contributed by atoms with E-state index >= 15 is 0 Å². The van der Waals surface area contributed by atoms with E-state index in [1.54, 1.807) is 31.2 Å². The minimum absolute atomic E-state index is 0.0114. The number of amides is 2. The lowest BCUT2D eigenvalue weighted by atomic mass is 10.1. The Kier molecular flexibility index (Phi) is 6.07. The molecule has 1 unspecified atom stereocenters. The number of hydrogen-bond donors (Lipinski definition) is 2.